The molecule has 1 rings (SSSR count). The highest BCUT2D eigenvalue weighted by Crippen LogP contribution is 2.19. The highest BCUT2D eigenvalue weighted by atomic mass is 79.9. The lowest BCUT2D eigenvalue weighted by Gasteiger charge is -2.20. The van der Waals surface area contributed by atoms with Gasteiger partial charge in [0.25, 0.3) is 5.56 Å². The number of rotatable bonds is 1. The van der Waals surface area contributed by atoms with Crippen molar-refractivity contribution < 1.29 is 9.53 Å². The predicted molar refractivity (Wildman–Crippen MR) is 69.4 cm³/mol. The molecule has 0 bridgehead atoms. The van der Waals surface area contributed by atoms with E-state index in [1.165, 1.54) is 6.20 Å². The molecule has 0 fully saturated rings. The zero-order valence-electron chi connectivity index (χ0n) is 10.2. The second-order valence-electron chi connectivity index (χ2n) is 4.59. The summed E-state index contributed by atoms with van der Waals surface area (Å²) in [4.78, 5) is 25.6. The van der Waals surface area contributed by atoms with E-state index in [9.17, 15) is 9.59 Å². The molecule has 0 saturated heterocycles. The smallest absolute Gasteiger partial charge is 0.412 e. The van der Waals surface area contributed by atoms with Crippen molar-refractivity contribution in [3.63, 3.8) is 0 Å². The molecule has 1 aromatic heterocycles. The first kappa shape index (κ1) is 13.8. The van der Waals surface area contributed by atoms with E-state index in [1.54, 1.807) is 27.7 Å². The first-order valence-corrected chi connectivity index (χ1v) is 5.88. The van der Waals surface area contributed by atoms with Crippen molar-refractivity contribution in [1.29, 1.82) is 0 Å². The molecule has 0 aliphatic rings. The van der Waals surface area contributed by atoms with Crippen LogP contribution < -0.4 is 10.9 Å². The third-order valence-electron chi connectivity index (χ3n) is 1.92. The van der Waals surface area contributed by atoms with Crippen molar-refractivity contribution in [2.24, 2.45) is 0 Å². The molecule has 0 radical (unpaired) electrons. The van der Waals surface area contributed by atoms with Crippen LogP contribution in [0.5, 0.6) is 0 Å². The minimum Gasteiger partial charge on any atom is -0.444 e. The standard InChI is InChI=1S/C11H15BrN2O3/c1-6-7(12)5-13-9(15)8(6)14-10(16)17-11(2,3)4/h5H,1-4H3,(H,13,15)(H,14,16). The van der Waals surface area contributed by atoms with Crippen molar-refractivity contribution in [3.05, 3.63) is 26.6 Å². The maximum atomic E-state index is 11.5. The fourth-order valence-corrected chi connectivity index (χ4v) is 1.47. The molecule has 94 valence electrons. The van der Waals surface area contributed by atoms with E-state index < -0.39 is 11.7 Å². The second-order valence-corrected chi connectivity index (χ2v) is 5.45. The van der Waals surface area contributed by atoms with Gasteiger partial charge in [-0.3, -0.25) is 10.1 Å². The average molecular weight is 303 g/mol. The molecule has 1 heterocycles. The number of carbonyl (C=O) groups excluding carboxylic acids is 1. The van der Waals surface area contributed by atoms with Crippen molar-refractivity contribution in [1.82, 2.24) is 4.98 Å². The summed E-state index contributed by atoms with van der Waals surface area (Å²) in [5.41, 5.74) is -0.124. The minimum atomic E-state index is -0.649. The van der Waals surface area contributed by atoms with Crippen LogP contribution in [0.2, 0.25) is 0 Å². The zero-order chi connectivity index (χ0) is 13.2. The highest BCUT2D eigenvalue weighted by Gasteiger charge is 2.18. The third-order valence-corrected chi connectivity index (χ3v) is 2.74. The second kappa shape index (κ2) is 4.91. The molecule has 1 aromatic rings. The fraction of sp³-hybridized carbons (Fsp3) is 0.455. The number of hydrogen-bond donors (Lipinski definition) is 2. The number of aromatic amines is 1. The van der Waals surface area contributed by atoms with Crippen molar-refractivity contribution in [2.45, 2.75) is 33.3 Å². The van der Waals surface area contributed by atoms with E-state index in [2.05, 4.69) is 26.2 Å². The average Bonchev–Trinajstić information content (AvgIpc) is 2.16. The van der Waals surface area contributed by atoms with Crippen LogP contribution in [-0.4, -0.2) is 16.7 Å². The van der Waals surface area contributed by atoms with Gasteiger partial charge in [-0.05, 0) is 49.2 Å². The zero-order valence-corrected chi connectivity index (χ0v) is 11.8. The van der Waals surface area contributed by atoms with Crippen LogP contribution in [0, 0.1) is 6.92 Å². The summed E-state index contributed by atoms with van der Waals surface area (Å²) in [6, 6.07) is 0. The van der Waals surface area contributed by atoms with Gasteiger partial charge in [0.2, 0.25) is 0 Å². The number of amides is 1. The third kappa shape index (κ3) is 3.89. The number of pyridine rings is 1. The number of anilines is 1. The summed E-state index contributed by atoms with van der Waals surface area (Å²) in [5, 5.41) is 2.44. The number of ether oxygens (including phenoxy) is 1. The van der Waals surface area contributed by atoms with Crippen LogP contribution in [0.3, 0.4) is 0 Å². The summed E-state index contributed by atoms with van der Waals surface area (Å²) < 4.78 is 5.78. The van der Waals surface area contributed by atoms with Crippen molar-refractivity contribution >= 4 is 27.7 Å². The molecular weight excluding hydrogens is 288 g/mol. The van der Waals surface area contributed by atoms with Gasteiger partial charge < -0.3 is 9.72 Å². The highest BCUT2D eigenvalue weighted by molar-refractivity contribution is 9.10. The largest absolute Gasteiger partial charge is 0.444 e. The van der Waals surface area contributed by atoms with Gasteiger partial charge in [0.15, 0.2) is 0 Å². The number of H-pyrrole nitrogens is 1. The molecule has 0 saturated carbocycles. The van der Waals surface area contributed by atoms with Gasteiger partial charge in [-0.15, -0.1) is 0 Å². The van der Waals surface area contributed by atoms with Crippen LogP contribution in [0.4, 0.5) is 10.5 Å². The molecule has 0 unspecified atom stereocenters. The Morgan fingerprint density at radius 1 is 1.47 bits per heavy atom. The molecule has 6 heteroatoms. The summed E-state index contributed by atoms with van der Waals surface area (Å²) >= 11 is 3.27. The molecule has 17 heavy (non-hydrogen) atoms. The Bertz CT molecular complexity index is 488. The number of halogens is 1. The number of hydrogen-bond acceptors (Lipinski definition) is 3. The van der Waals surface area contributed by atoms with E-state index in [4.69, 9.17) is 4.74 Å². The maximum absolute atomic E-state index is 11.5. The lowest BCUT2D eigenvalue weighted by molar-refractivity contribution is 0.0635. The number of aromatic nitrogens is 1. The minimum absolute atomic E-state index is 0.189. The molecule has 1 amide bonds. The van der Waals surface area contributed by atoms with Crippen LogP contribution >= 0.6 is 15.9 Å². The molecule has 0 atom stereocenters. The Morgan fingerprint density at radius 3 is 2.59 bits per heavy atom. The molecule has 5 nitrogen and oxygen atoms in total. The molecule has 0 aliphatic heterocycles. The van der Waals surface area contributed by atoms with Crippen LogP contribution in [0.25, 0.3) is 0 Å². The normalized spacial score (nSPS) is 11.1. The Kier molecular flexibility index (Phi) is 3.98. The van der Waals surface area contributed by atoms with Gasteiger partial charge in [0.05, 0.1) is 0 Å². The molecular formula is C11H15BrN2O3. The molecule has 2 N–H and O–H groups in total. The Hall–Kier alpha value is -1.30. The van der Waals surface area contributed by atoms with E-state index in [-0.39, 0.29) is 11.2 Å². The molecule has 0 spiro atoms. The van der Waals surface area contributed by atoms with Crippen LogP contribution in [0.1, 0.15) is 26.3 Å². The summed E-state index contributed by atoms with van der Waals surface area (Å²) in [5.74, 6) is 0. The lowest BCUT2D eigenvalue weighted by Crippen LogP contribution is -2.29. The van der Waals surface area contributed by atoms with Gasteiger partial charge in [-0.2, -0.15) is 0 Å². The van der Waals surface area contributed by atoms with Gasteiger partial charge in [-0.25, -0.2) is 4.79 Å². The topological polar surface area (TPSA) is 71.2 Å². The predicted octanol–water partition coefficient (Wildman–Crippen LogP) is 2.79. The summed E-state index contributed by atoms with van der Waals surface area (Å²) in [7, 11) is 0. The number of carbonyl (C=O) groups is 1. The lowest BCUT2D eigenvalue weighted by atomic mass is 10.2. The summed E-state index contributed by atoms with van der Waals surface area (Å²) in [6.45, 7) is 6.99. The van der Waals surface area contributed by atoms with E-state index >= 15 is 0 Å². The first-order chi connectivity index (χ1) is 7.70. The monoisotopic (exact) mass is 302 g/mol. The molecule has 0 aliphatic carbocycles. The SMILES string of the molecule is Cc1c(Br)c[nH]c(=O)c1NC(=O)OC(C)(C)C. The van der Waals surface area contributed by atoms with Gasteiger partial charge in [-0.1, -0.05) is 0 Å². The van der Waals surface area contributed by atoms with E-state index in [1.807, 2.05) is 0 Å². The van der Waals surface area contributed by atoms with Crippen molar-refractivity contribution in [2.75, 3.05) is 5.32 Å². The summed E-state index contributed by atoms with van der Waals surface area (Å²) in [6.07, 6.45) is 0.877. The Morgan fingerprint density at radius 2 is 2.06 bits per heavy atom. The van der Waals surface area contributed by atoms with Crippen molar-refractivity contribution in [3.8, 4) is 0 Å². The fourth-order valence-electron chi connectivity index (χ4n) is 1.16. The quantitative estimate of drug-likeness (QED) is 0.838. The van der Waals surface area contributed by atoms with E-state index in [0.717, 1.165) is 0 Å². The van der Waals surface area contributed by atoms with Gasteiger partial charge in [0, 0.05) is 10.7 Å². The Labute approximate surface area is 108 Å². The van der Waals surface area contributed by atoms with E-state index in [0.29, 0.717) is 10.0 Å². The first-order valence-electron chi connectivity index (χ1n) is 5.08. The van der Waals surface area contributed by atoms with Crippen LogP contribution in [0.15, 0.2) is 15.5 Å². The van der Waals surface area contributed by atoms with Gasteiger partial charge >= 0.3 is 6.09 Å². The van der Waals surface area contributed by atoms with Crippen LogP contribution in [-0.2, 0) is 4.74 Å². The van der Waals surface area contributed by atoms with Gasteiger partial charge in [0.1, 0.15) is 11.3 Å². The number of nitrogens with one attached hydrogen (secondary N) is 2. The molecule has 0 aromatic carbocycles. The Balaban J connectivity index is 2.93. The maximum Gasteiger partial charge on any atom is 0.412 e.